The lowest BCUT2D eigenvalue weighted by molar-refractivity contribution is 0.0957. The third-order valence-electron chi connectivity index (χ3n) is 1.68. The van der Waals surface area contributed by atoms with E-state index in [9.17, 15) is 0 Å². The number of likely N-dealkylation sites (N-methyl/N-ethyl adjacent to an activating group) is 1. The third kappa shape index (κ3) is 9.92. The van der Waals surface area contributed by atoms with Crippen LogP contribution in [0.15, 0.2) is 0 Å². The van der Waals surface area contributed by atoms with Crippen LogP contribution in [0.3, 0.4) is 0 Å². The average molecular weight is 173 g/mol. The molecule has 0 N–H and O–H groups in total. The highest BCUT2D eigenvalue weighted by Crippen LogP contribution is 2.17. The summed E-state index contributed by atoms with van der Waals surface area (Å²) < 4.78 is 5.48. The molecule has 0 aliphatic carbocycles. The summed E-state index contributed by atoms with van der Waals surface area (Å²) in [5.74, 6) is 0. The second kappa shape index (κ2) is 5.55. The molecule has 0 aliphatic rings. The number of hydrogen-bond donors (Lipinski definition) is 0. The fourth-order valence-corrected chi connectivity index (χ4v) is 0.728. The zero-order valence-corrected chi connectivity index (χ0v) is 9.18. The van der Waals surface area contributed by atoms with E-state index in [-0.39, 0.29) is 0 Å². The molecule has 2 nitrogen and oxygen atoms in total. The topological polar surface area (TPSA) is 12.5 Å². The van der Waals surface area contributed by atoms with Gasteiger partial charge in [0, 0.05) is 13.2 Å². The minimum absolute atomic E-state index is 0.401. The maximum atomic E-state index is 5.48. The molecule has 0 bridgehead atoms. The Labute approximate surface area is 76.9 Å². The quantitative estimate of drug-likeness (QED) is 0.590. The normalized spacial score (nSPS) is 12.5. The van der Waals surface area contributed by atoms with Crippen LogP contribution in [-0.4, -0.2) is 38.8 Å². The predicted octanol–water partition coefficient (Wildman–Crippen LogP) is 2.00. The molecule has 74 valence electrons. The lowest BCUT2D eigenvalue weighted by Crippen LogP contribution is -2.19. The van der Waals surface area contributed by atoms with Crippen LogP contribution in [0, 0.1) is 5.41 Å². The van der Waals surface area contributed by atoms with Gasteiger partial charge in [-0.2, -0.15) is 0 Å². The van der Waals surface area contributed by atoms with Gasteiger partial charge in [0.15, 0.2) is 0 Å². The van der Waals surface area contributed by atoms with Crippen molar-refractivity contribution in [1.82, 2.24) is 4.90 Å². The van der Waals surface area contributed by atoms with Crippen molar-refractivity contribution >= 4 is 0 Å². The van der Waals surface area contributed by atoms with Gasteiger partial charge in [0.2, 0.25) is 0 Å². The molecule has 0 radical (unpaired) electrons. The molecule has 0 rings (SSSR count). The molecule has 0 heterocycles. The van der Waals surface area contributed by atoms with Crippen molar-refractivity contribution < 1.29 is 4.74 Å². The van der Waals surface area contributed by atoms with E-state index >= 15 is 0 Å². The minimum atomic E-state index is 0.401. The summed E-state index contributed by atoms with van der Waals surface area (Å²) in [7, 11) is 4.13. The summed E-state index contributed by atoms with van der Waals surface area (Å²) in [4.78, 5) is 2.14. The summed E-state index contributed by atoms with van der Waals surface area (Å²) in [6.45, 7) is 9.47. The molecule has 12 heavy (non-hydrogen) atoms. The second-order valence-corrected chi connectivity index (χ2v) is 4.73. The van der Waals surface area contributed by atoms with Gasteiger partial charge in [-0.15, -0.1) is 0 Å². The van der Waals surface area contributed by atoms with Crippen molar-refractivity contribution in [3.63, 3.8) is 0 Å². The number of hydrogen-bond acceptors (Lipinski definition) is 2. The molecular weight excluding hydrogens is 150 g/mol. The summed E-state index contributed by atoms with van der Waals surface area (Å²) in [6.07, 6.45) is 1.14. The monoisotopic (exact) mass is 173 g/mol. The molecule has 0 aromatic rings. The number of nitrogens with zero attached hydrogens (tertiary/aromatic N) is 1. The highest BCUT2D eigenvalue weighted by atomic mass is 16.5. The Balaban J connectivity index is 3.12. The van der Waals surface area contributed by atoms with Gasteiger partial charge in [-0.1, -0.05) is 20.8 Å². The van der Waals surface area contributed by atoms with Crippen LogP contribution in [0.1, 0.15) is 27.2 Å². The first-order valence-corrected chi connectivity index (χ1v) is 4.64. The molecule has 0 fully saturated rings. The Morgan fingerprint density at radius 3 is 2.08 bits per heavy atom. The van der Waals surface area contributed by atoms with Crippen molar-refractivity contribution in [2.45, 2.75) is 27.2 Å². The summed E-state index contributed by atoms with van der Waals surface area (Å²) in [5, 5.41) is 0. The molecule has 0 saturated carbocycles. The van der Waals surface area contributed by atoms with Crippen LogP contribution in [0.5, 0.6) is 0 Å². The van der Waals surface area contributed by atoms with E-state index in [1.54, 1.807) is 0 Å². The van der Waals surface area contributed by atoms with Crippen molar-refractivity contribution in [3.8, 4) is 0 Å². The SMILES string of the molecule is CN(C)CCOCCC(C)(C)C. The van der Waals surface area contributed by atoms with Gasteiger partial charge in [0.1, 0.15) is 0 Å². The van der Waals surface area contributed by atoms with Crippen LogP contribution >= 0.6 is 0 Å². The molecule has 0 aliphatic heterocycles. The van der Waals surface area contributed by atoms with E-state index in [0.29, 0.717) is 5.41 Å². The van der Waals surface area contributed by atoms with E-state index < -0.39 is 0 Å². The molecule has 0 spiro atoms. The lowest BCUT2D eigenvalue weighted by Gasteiger charge is -2.18. The smallest absolute Gasteiger partial charge is 0.0593 e. The van der Waals surface area contributed by atoms with Crippen LogP contribution in [0.25, 0.3) is 0 Å². The number of rotatable bonds is 5. The lowest BCUT2D eigenvalue weighted by atomic mass is 9.93. The molecule has 0 unspecified atom stereocenters. The molecule has 0 saturated heterocycles. The molecule has 0 amide bonds. The van der Waals surface area contributed by atoms with Gasteiger partial charge in [0.05, 0.1) is 6.61 Å². The van der Waals surface area contributed by atoms with Crippen molar-refractivity contribution in [2.75, 3.05) is 33.9 Å². The Hall–Kier alpha value is -0.0800. The first-order valence-electron chi connectivity index (χ1n) is 4.64. The number of ether oxygens (including phenoxy) is 1. The Bertz CT molecular complexity index is 105. The van der Waals surface area contributed by atoms with Gasteiger partial charge in [-0.25, -0.2) is 0 Å². The maximum absolute atomic E-state index is 5.48. The van der Waals surface area contributed by atoms with Crippen LogP contribution in [-0.2, 0) is 4.74 Å². The Kier molecular flexibility index (Phi) is 5.51. The molecule has 2 heteroatoms. The van der Waals surface area contributed by atoms with E-state index in [4.69, 9.17) is 4.74 Å². The van der Waals surface area contributed by atoms with Crippen molar-refractivity contribution in [1.29, 1.82) is 0 Å². The minimum Gasteiger partial charge on any atom is -0.380 e. The summed E-state index contributed by atoms with van der Waals surface area (Å²) >= 11 is 0. The second-order valence-electron chi connectivity index (χ2n) is 4.73. The first kappa shape index (κ1) is 11.9. The fourth-order valence-electron chi connectivity index (χ4n) is 0.728. The Morgan fingerprint density at radius 1 is 1.08 bits per heavy atom. The van der Waals surface area contributed by atoms with E-state index in [1.807, 2.05) is 0 Å². The molecule has 0 atom stereocenters. The Morgan fingerprint density at radius 2 is 1.67 bits per heavy atom. The van der Waals surface area contributed by atoms with Gasteiger partial charge in [-0.05, 0) is 25.9 Å². The van der Waals surface area contributed by atoms with Gasteiger partial charge in [0.25, 0.3) is 0 Å². The van der Waals surface area contributed by atoms with Gasteiger partial charge >= 0.3 is 0 Å². The predicted molar refractivity (Wildman–Crippen MR) is 53.4 cm³/mol. The molecular formula is C10H23NO. The standard InChI is InChI=1S/C10H23NO/c1-10(2,3)6-8-12-9-7-11(4)5/h6-9H2,1-5H3. The van der Waals surface area contributed by atoms with Gasteiger partial charge < -0.3 is 9.64 Å². The van der Waals surface area contributed by atoms with Crippen LogP contribution in [0.2, 0.25) is 0 Å². The van der Waals surface area contributed by atoms with Crippen molar-refractivity contribution in [3.05, 3.63) is 0 Å². The zero-order chi connectivity index (χ0) is 9.61. The van der Waals surface area contributed by atoms with Crippen molar-refractivity contribution in [2.24, 2.45) is 5.41 Å². The van der Waals surface area contributed by atoms with Gasteiger partial charge in [-0.3, -0.25) is 0 Å². The largest absolute Gasteiger partial charge is 0.380 e. The van der Waals surface area contributed by atoms with E-state index in [0.717, 1.165) is 26.2 Å². The van der Waals surface area contributed by atoms with E-state index in [2.05, 4.69) is 39.8 Å². The van der Waals surface area contributed by atoms with Crippen LogP contribution in [0.4, 0.5) is 0 Å². The zero-order valence-electron chi connectivity index (χ0n) is 9.18. The van der Waals surface area contributed by atoms with E-state index in [1.165, 1.54) is 0 Å². The maximum Gasteiger partial charge on any atom is 0.0593 e. The third-order valence-corrected chi connectivity index (χ3v) is 1.68. The first-order chi connectivity index (χ1) is 5.42. The van der Waals surface area contributed by atoms with Crippen LogP contribution < -0.4 is 0 Å². The summed E-state index contributed by atoms with van der Waals surface area (Å²) in [5.41, 5.74) is 0.401. The fraction of sp³-hybridized carbons (Fsp3) is 1.00. The average Bonchev–Trinajstić information content (AvgIpc) is 1.83. The summed E-state index contributed by atoms with van der Waals surface area (Å²) in [6, 6.07) is 0. The molecule has 0 aromatic heterocycles. The highest BCUT2D eigenvalue weighted by molar-refractivity contribution is 4.59. The highest BCUT2D eigenvalue weighted by Gasteiger charge is 2.08. The molecule has 0 aromatic carbocycles.